The third-order valence-corrected chi connectivity index (χ3v) is 2.85. The highest BCUT2D eigenvalue weighted by molar-refractivity contribution is 5.84. The van der Waals surface area contributed by atoms with E-state index in [0.29, 0.717) is 18.1 Å². The number of H-pyrrole nitrogens is 1. The van der Waals surface area contributed by atoms with E-state index in [1.807, 2.05) is 18.0 Å². The molecule has 3 rings (SSSR count). The molecule has 0 aliphatic heterocycles. The minimum Gasteiger partial charge on any atom is -0.472 e. The van der Waals surface area contributed by atoms with Gasteiger partial charge in [0.05, 0.1) is 18.9 Å². The number of hydrogen-bond acceptors (Lipinski definition) is 6. The Kier molecular flexibility index (Phi) is 2.79. The lowest BCUT2D eigenvalue weighted by atomic mass is 10.3. The standard InChI is InChI=1S/C12H14N6O/c1-13-12-16-10-9(14-7-15-10)11(17-12)18(2)5-8-3-4-19-6-8/h3-4,6-7H,5H2,1-2H3,(H2,13,14,15,16,17). The number of furan rings is 1. The second-order valence-corrected chi connectivity index (χ2v) is 4.21. The van der Waals surface area contributed by atoms with Gasteiger partial charge in [-0.15, -0.1) is 0 Å². The molecule has 0 amide bonds. The van der Waals surface area contributed by atoms with E-state index >= 15 is 0 Å². The molecule has 3 aromatic rings. The van der Waals surface area contributed by atoms with Crippen molar-refractivity contribution in [1.82, 2.24) is 19.9 Å². The maximum absolute atomic E-state index is 5.08. The van der Waals surface area contributed by atoms with Crippen molar-refractivity contribution in [2.75, 3.05) is 24.3 Å². The molecule has 0 aliphatic rings. The highest BCUT2D eigenvalue weighted by Gasteiger charge is 2.13. The van der Waals surface area contributed by atoms with E-state index in [1.165, 1.54) is 0 Å². The van der Waals surface area contributed by atoms with Gasteiger partial charge in [0.2, 0.25) is 5.95 Å². The second-order valence-electron chi connectivity index (χ2n) is 4.21. The van der Waals surface area contributed by atoms with Crippen LogP contribution in [0.1, 0.15) is 5.56 Å². The van der Waals surface area contributed by atoms with Crippen LogP contribution in [0.25, 0.3) is 11.2 Å². The quantitative estimate of drug-likeness (QED) is 0.740. The molecule has 0 saturated carbocycles. The zero-order valence-electron chi connectivity index (χ0n) is 10.7. The Labute approximate surface area is 109 Å². The van der Waals surface area contributed by atoms with Crippen LogP contribution in [-0.2, 0) is 6.54 Å². The summed E-state index contributed by atoms with van der Waals surface area (Å²) in [4.78, 5) is 18.0. The van der Waals surface area contributed by atoms with Crippen molar-refractivity contribution in [3.8, 4) is 0 Å². The number of nitrogens with one attached hydrogen (secondary N) is 2. The molecule has 0 aliphatic carbocycles. The van der Waals surface area contributed by atoms with Crippen molar-refractivity contribution < 1.29 is 4.42 Å². The third kappa shape index (κ3) is 2.10. The van der Waals surface area contributed by atoms with E-state index in [9.17, 15) is 0 Å². The summed E-state index contributed by atoms with van der Waals surface area (Å²) in [5, 5.41) is 2.94. The molecule has 19 heavy (non-hydrogen) atoms. The Morgan fingerprint density at radius 2 is 2.32 bits per heavy atom. The minimum atomic E-state index is 0.550. The van der Waals surface area contributed by atoms with Gasteiger partial charge >= 0.3 is 0 Å². The van der Waals surface area contributed by atoms with Crippen LogP contribution in [0, 0.1) is 0 Å². The Bertz CT molecular complexity index is 675. The van der Waals surface area contributed by atoms with Crippen molar-refractivity contribution >= 4 is 22.9 Å². The van der Waals surface area contributed by atoms with Gasteiger partial charge in [-0.3, -0.25) is 0 Å². The fourth-order valence-electron chi connectivity index (χ4n) is 1.94. The van der Waals surface area contributed by atoms with Gasteiger partial charge in [0.15, 0.2) is 11.5 Å². The Hall–Kier alpha value is -2.57. The van der Waals surface area contributed by atoms with E-state index in [2.05, 4.69) is 25.3 Å². The summed E-state index contributed by atoms with van der Waals surface area (Å²) < 4.78 is 5.08. The van der Waals surface area contributed by atoms with Crippen LogP contribution in [0.3, 0.4) is 0 Å². The highest BCUT2D eigenvalue weighted by atomic mass is 16.3. The Morgan fingerprint density at radius 3 is 3.05 bits per heavy atom. The molecule has 0 radical (unpaired) electrons. The number of nitrogens with zero attached hydrogens (tertiary/aromatic N) is 4. The Morgan fingerprint density at radius 1 is 1.42 bits per heavy atom. The van der Waals surface area contributed by atoms with E-state index in [0.717, 1.165) is 16.9 Å². The molecule has 98 valence electrons. The molecule has 0 aromatic carbocycles. The number of aromatic amines is 1. The molecule has 7 nitrogen and oxygen atoms in total. The normalized spacial score (nSPS) is 10.8. The lowest BCUT2D eigenvalue weighted by Crippen LogP contribution is -2.18. The van der Waals surface area contributed by atoms with Crippen molar-refractivity contribution in [3.05, 3.63) is 30.5 Å². The molecule has 3 heterocycles. The second kappa shape index (κ2) is 4.60. The molecule has 0 bridgehead atoms. The highest BCUT2D eigenvalue weighted by Crippen LogP contribution is 2.22. The molecule has 3 aromatic heterocycles. The summed E-state index contributed by atoms with van der Waals surface area (Å²) in [7, 11) is 3.75. The van der Waals surface area contributed by atoms with Crippen molar-refractivity contribution in [2.45, 2.75) is 6.54 Å². The van der Waals surface area contributed by atoms with Crippen LogP contribution < -0.4 is 10.2 Å². The van der Waals surface area contributed by atoms with Crippen LogP contribution in [-0.4, -0.2) is 34.0 Å². The van der Waals surface area contributed by atoms with Gasteiger partial charge in [-0.2, -0.15) is 9.97 Å². The molecule has 0 atom stereocenters. The van der Waals surface area contributed by atoms with E-state index < -0.39 is 0 Å². The summed E-state index contributed by atoms with van der Waals surface area (Å²) in [5.74, 6) is 1.35. The van der Waals surface area contributed by atoms with Gasteiger partial charge in [0, 0.05) is 26.2 Å². The predicted molar refractivity (Wildman–Crippen MR) is 72.0 cm³/mol. The molecule has 0 spiro atoms. The third-order valence-electron chi connectivity index (χ3n) is 2.85. The van der Waals surface area contributed by atoms with Gasteiger partial charge in [-0.25, -0.2) is 4.98 Å². The fraction of sp³-hybridized carbons (Fsp3) is 0.250. The fourth-order valence-corrected chi connectivity index (χ4v) is 1.94. The molecule has 0 saturated heterocycles. The SMILES string of the molecule is CNc1nc(N(C)Cc2ccoc2)c2[nH]cnc2n1. The number of hydrogen-bond donors (Lipinski definition) is 2. The number of aromatic nitrogens is 4. The van der Waals surface area contributed by atoms with Gasteiger partial charge in [-0.1, -0.05) is 0 Å². The largest absolute Gasteiger partial charge is 0.472 e. The van der Waals surface area contributed by atoms with Crippen molar-refractivity contribution in [1.29, 1.82) is 0 Å². The van der Waals surface area contributed by atoms with Crippen LogP contribution in [0.5, 0.6) is 0 Å². The monoisotopic (exact) mass is 258 g/mol. The molecular formula is C12H14N6O. The lowest BCUT2D eigenvalue weighted by molar-refractivity contribution is 0.563. The predicted octanol–water partition coefficient (Wildman–Crippen LogP) is 1.62. The first-order valence-electron chi connectivity index (χ1n) is 5.89. The van der Waals surface area contributed by atoms with E-state index in [4.69, 9.17) is 4.42 Å². The number of anilines is 2. The van der Waals surface area contributed by atoms with Crippen LogP contribution in [0.15, 0.2) is 29.3 Å². The van der Waals surface area contributed by atoms with Crippen LogP contribution in [0.4, 0.5) is 11.8 Å². The van der Waals surface area contributed by atoms with Crippen LogP contribution in [0.2, 0.25) is 0 Å². The van der Waals surface area contributed by atoms with Gasteiger partial charge in [0.25, 0.3) is 0 Å². The smallest absolute Gasteiger partial charge is 0.226 e. The van der Waals surface area contributed by atoms with Gasteiger partial charge < -0.3 is 19.6 Å². The molecular weight excluding hydrogens is 244 g/mol. The van der Waals surface area contributed by atoms with Gasteiger partial charge in [0.1, 0.15) is 5.52 Å². The van der Waals surface area contributed by atoms with Crippen molar-refractivity contribution in [3.63, 3.8) is 0 Å². The number of rotatable bonds is 4. The topological polar surface area (TPSA) is 82.9 Å². The minimum absolute atomic E-state index is 0.550. The van der Waals surface area contributed by atoms with Crippen LogP contribution >= 0.6 is 0 Å². The van der Waals surface area contributed by atoms with E-state index in [-0.39, 0.29) is 0 Å². The maximum atomic E-state index is 5.08. The Balaban J connectivity index is 2.00. The summed E-state index contributed by atoms with van der Waals surface area (Å²) in [5.41, 5.74) is 2.55. The lowest BCUT2D eigenvalue weighted by Gasteiger charge is -2.18. The first kappa shape index (κ1) is 11.5. The maximum Gasteiger partial charge on any atom is 0.226 e. The van der Waals surface area contributed by atoms with Crippen molar-refractivity contribution in [2.24, 2.45) is 0 Å². The molecule has 0 unspecified atom stereocenters. The number of imidazole rings is 1. The summed E-state index contributed by atoms with van der Waals surface area (Å²) >= 11 is 0. The zero-order chi connectivity index (χ0) is 13.2. The summed E-state index contributed by atoms with van der Waals surface area (Å²) in [6.07, 6.45) is 5.00. The van der Waals surface area contributed by atoms with E-state index in [1.54, 1.807) is 25.9 Å². The first-order chi connectivity index (χ1) is 9.28. The average Bonchev–Trinajstić information content (AvgIpc) is 3.07. The van der Waals surface area contributed by atoms with Gasteiger partial charge in [-0.05, 0) is 6.07 Å². The molecule has 2 N–H and O–H groups in total. The number of fused-ring (bicyclic) bond motifs is 1. The first-order valence-corrected chi connectivity index (χ1v) is 5.89. The zero-order valence-corrected chi connectivity index (χ0v) is 10.7. The molecule has 0 fully saturated rings. The summed E-state index contributed by atoms with van der Waals surface area (Å²) in [6, 6.07) is 1.93. The average molecular weight is 258 g/mol. The summed E-state index contributed by atoms with van der Waals surface area (Å²) in [6.45, 7) is 0.699. The molecule has 7 heteroatoms.